The summed E-state index contributed by atoms with van der Waals surface area (Å²) in [6.07, 6.45) is 6.24. The van der Waals surface area contributed by atoms with Gasteiger partial charge in [0, 0.05) is 23.8 Å². The molecule has 0 amide bonds. The molecule has 4 heteroatoms. The van der Waals surface area contributed by atoms with Gasteiger partial charge in [-0.25, -0.2) is 4.98 Å². The molecule has 2 aromatic heterocycles. The van der Waals surface area contributed by atoms with Gasteiger partial charge in [-0.2, -0.15) is 0 Å². The summed E-state index contributed by atoms with van der Waals surface area (Å²) < 4.78 is 2.09. The highest BCUT2D eigenvalue weighted by atomic mass is 32.1. The SMILES string of the molecule is CNC(CCc1cn2ccsc2n1)c1ccccc1. The van der Waals surface area contributed by atoms with Crippen molar-refractivity contribution in [1.82, 2.24) is 14.7 Å². The molecule has 0 fully saturated rings. The van der Waals surface area contributed by atoms with Crippen LogP contribution in [-0.2, 0) is 6.42 Å². The molecule has 2 heterocycles. The van der Waals surface area contributed by atoms with Crippen LogP contribution < -0.4 is 5.32 Å². The van der Waals surface area contributed by atoms with Crippen LogP contribution in [0.15, 0.2) is 48.1 Å². The Morgan fingerprint density at radius 1 is 1.32 bits per heavy atom. The van der Waals surface area contributed by atoms with Crippen molar-refractivity contribution in [2.75, 3.05) is 7.05 Å². The Kier molecular flexibility index (Phi) is 3.62. The molecule has 0 aliphatic heterocycles. The summed E-state index contributed by atoms with van der Waals surface area (Å²) in [6.45, 7) is 0. The van der Waals surface area contributed by atoms with Crippen LogP contribution in [0.2, 0.25) is 0 Å². The predicted molar refractivity (Wildman–Crippen MR) is 79.6 cm³/mol. The van der Waals surface area contributed by atoms with E-state index in [1.807, 2.05) is 7.05 Å². The Hall–Kier alpha value is -1.65. The van der Waals surface area contributed by atoms with Crippen molar-refractivity contribution < 1.29 is 0 Å². The van der Waals surface area contributed by atoms with Crippen molar-refractivity contribution in [2.24, 2.45) is 0 Å². The number of thiazole rings is 1. The number of nitrogens with one attached hydrogen (secondary N) is 1. The van der Waals surface area contributed by atoms with Crippen LogP contribution in [0, 0.1) is 0 Å². The quantitative estimate of drug-likeness (QED) is 0.771. The van der Waals surface area contributed by atoms with Gasteiger partial charge in [0.05, 0.1) is 5.69 Å². The van der Waals surface area contributed by atoms with E-state index in [-0.39, 0.29) is 0 Å². The molecule has 0 bridgehead atoms. The summed E-state index contributed by atoms with van der Waals surface area (Å²) in [5, 5.41) is 5.45. The summed E-state index contributed by atoms with van der Waals surface area (Å²) in [4.78, 5) is 5.71. The lowest BCUT2D eigenvalue weighted by Gasteiger charge is -2.15. The van der Waals surface area contributed by atoms with E-state index in [1.165, 1.54) is 11.3 Å². The fraction of sp³-hybridized carbons (Fsp3) is 0.267. The zero-order valence-corrected chi connectivity index (χ0v) is 11.7. The highest BCUT2D eigenvalue weighted by Gasteiger charge is 2.10. The van der Waals surface area contributed by atoms with Gasteiger partial charge in [0.25, 0.3) is 0 Å². The van der Waals surface area contributed by atoms with Crippen molar-refractivity contribution in [3.63, 3.8) is 0 Å². The average molecular weight is 271 g/mol. The summed E-state index contributed by atoms with van der Waals surface area (Å²) in [7, 11) is 2.02. The Bertz CT molecular complexity index is 613. The molecule has 0 spiro atoms. The third-order valence-electron chi connectivity index (χ3n) is 3.38. The molecule has 19 heavy (non-hydrogen) atoms. The van der Waals surface area contributed by atoms with Crippen molar-refractivity contribution in [2.45, 2.75) is 18.9 Å². The predicted octanol–water partition coefficient (Wildman–Crippen LogP) is 3.29. The molecule has 1 N–H and O–H groups in total. The number of hydrogen-bond acceptors (Lipinski definition) is 3. The van der Waals surface area contributed by atoms with E-state index in [1.54, 1.807) is 11.3 Å². The van der Waals surface area contributed by atoms with Crippen LogP contribution in [0.3, 0.4) is 0 Å². The molecule has 3 nitrogen and oxygen atoms in total. The molecule has 0 saturated carbocycles. The molecule has 1 aromatic carbocycles. The summed E-state index contributed by atoms with van der Waals surface area (Å²) in [6, 6.07) is 11.0. The van der Waals surface area contributed by atoms with Gasteiger partial charge in [-0.15, -0.1) is 11.3 Å². The fourth-order valence-electron chi connectivity index (χ4n) is 2.35. The van der Waals surface area contributed by atoms with Gasteiger partial charge in [-0.1, -0.05) is 30.3 Å². The highest BCUT2D eigenvalue weighted by molar-refractivity contribution is 7.15. The van der Waals surface area contributed by atoms with Crippen LogP contribution >= 0.6 is 11.3 Å². The lowest BCUT2D eigenvalue weighted by Crippen LogP contribution is -2.17. The van der Waals surface area contributed by atoms with E-state index in [4.69, 9.17) is 0 Å². The van der Waals surface area contributed by atoms with Crippen LogP contribution in [-0.4, -0.2) is 16.4 Å². The molecule has 0 radical (unpaired) electrons. The second-order valence-corrected chi connectivity index (χ2v) is 5.49. The molecule has 98 valence electrons. The van der Waals surface area contributed by atoms with E-state index in [2.05, 4.69) is 62.8 Å². The normalized spacial score (nSPS) is 12.9. The number of rotatable bonds is 5. The van der Waals surface area contributed by atoms with Gasteiger partial charge in [0.2, 0.25) is 0 Å². The molecule has 0 saturated heterocycles. The summed E-state index contributed by atoms with van der Waals surface area (Å²) >= 11 is 1.68. The third kappa shape index (κ3) is 2.69. The average Bonchev–Trinajstić information content (AvgIpc) is 3.01. The maximum atomic E-state index is 4.63. The maximum Gasteiger partial charge on any atom is 0.193 e. The molecule has 0 aliphatic rings. The molecule has 1 atom stereocenters. The number of imidazole rings is 1. The van der Waals surface area contributed by atoms with Gasteiger partial charge in [-0.05, 0) is 25.5 Å². The van der Waals surface area contributed by atoms with Crippen molar-refractivity contribution in [3.8, 4) is 0 Å². The molecule has 3 rings (SSSR count). The van der Waals surface area contributed by atoms with E-state index < -0.39 is 0 Å². The molecular formula is C15H17N3S. The first-order valence-corrected chi connectivity index (χ1v) is 7.38. The first-order chi connectivity index (χ1) is 9.36. The zero-order valence-electron chi connectivity index (χ0n) is 10.9. The van der Waals surface area contributed by atoms with E-state index in [9.17, 15) is 0 Å². The second-order valence-electron chi connectivity index (χ2n) is 4.62. The molecule has 3 aromatic rings. The largest absolute Gasteiger partial charge is 0.313 e. The molecule has 0 aliphatic carbocycles. The lowest BCUT2D eigenvalue weighted by atomic mass is 10.0. The van der Waals surface area contributed by atoms with Crippen molar-refractivity contribution >= 4 is 16.3 Å². The Balaban J connectivity index is 1.69. The van der Waals surface area contributed by atoms with Crippen LogP contribution in [0.4, 0.5) is 0 Å². The Morgan fingerprint density at radius 2 is 2.16 bits per heavy atom. The van der Waals surface area contributed by atoms with Crippen molar-refractivity contribution in [1.29, 1.82) is 0 Å². The third-order valence-corrected chi connectivity index (χ3v) is 4.15. The van der Waals surface area contributed by atoms with E-state index >= 15 is 0 Å². The summed E-state index contributed by atoms with van der Waals surface area (Å²) in [5.74, 6) is 0. The number of nitrogens with zero attached hydrogens (tertiary/aromatic N) is 2. The summed E-state index contributed by atoms with van der Waals surface area (Å²) in [5.41, 5.74) is 2.51. The van der Waals surface area contributed by atoms with Gasteiger partial charge in [0.1, 0.15) is 0 Å². The minimum atomic E-state index is 0.390. The monoisotopic (exact) mass is 271 g/mol. The Morgan fingerprint density at radius 3 is 2.89 bits per heavy atom. The number of aryl methyl sites for hydroxylation is 1. The number of fused-ring (bicyclic) bond motifs is 1. The maximum absolute atomic E-state index is 4.63. The lowest BCUT2D eigenvalue weighted by molar-refractivity contribution is 0.546. The van der Waals surface area contributed by atoms with Crippen LogP contribution in [0.5, 0.6) is 0 Å². The van der Waals surface area contributed by atoms with Crippen LogP contribution in [0.25, 0.3) is 4.96 Å². The fourth-order valence-corrected chi connectivity index (χ4v) is 3.07. The minimum absolute atomic E-state index is 0.390. The first-order valence-electron chi connectivity index (χ1n) is 6.50. The topological polar surface area (TPSA) is 29.3 Å². The minimum Gasteiger partial charge on any atom is -0.313 e. The van der Waals surface area contributed by atoms with Crippen molar-refractivity contribution in [3.05, 3.63) is 59.4 Å². The number of benzene rings is 1. The second kappa shape index (κ2) is 5.55. The molecular weight excluding hydrogens is 254 g/mol. The number of hydrogen-bond donors (Lipinski definition) is 1. The van der Waals surface area contributed by atoms with Gasteiger partial charge in [0.15, 0.2) is 4.96 Å². The van der Waals surface area contributed by atoms with E-state index in [0.717, 1.165) is 17.8 Å². The standard InChI is InChI=1S/C15H17N3S/c1-16-14(12-5-3-2-4-6-12)8-7-13-11-18-9-10-19-15(18)17-13/h2-6,9-11,14,16H,7-8H2,1H3. The smallest absolute Gasteiger partial charge is 0.193 e. The van der Waals surface area contributed by atoms with Gasteiger partial charge >= 0.3 is 0 Å². The van der Waals surface area contributed by atoms with Gasteiger partial charge in [-0.3, -0.25) is 4.40 Å². The first kappa shape index (κ1) is 12.4. The van der Waals surface area contributed by atoms with Crippen LogP contribution in [0.1, 0.15) is 23.7 Å². The Labute approximate surface area is 116 Å². The van der Waals surface area contributed by atoms with E-state index in [0.29, 0.717) is 6.04 Å². The number of aromatic nitrogens is 2. The zero-order chi connectivity index (χ0) is 13.1. The highest BCUT2D eigenvalue weighted by Crippen LogP contribution is 2.19. The molecule has 1 unspecified atom stereocenters. The van der Waals surface area contributed by atoms with Gasteiger partial charge < -0.3 is 5.32 Å².